The molecule has 1 aliphatic rings. The maximum absolute atomic E-state index is 11.2. The maximum atomic E-state index is 11.2. The van der Waals surface area contributed by atoms with Gasteiger partial charge in [-0.1, -0.05) is 0 Å². The first kappa shape index (κ1) is 14.6. The highest BCUT2D eigenvalue weighted by Crippen LogP contribution is 2.34. The summed E-state index contributed by atoms with van der Waals surface area (Å²) < 4.78 is 5.17. The number of anilines is 1. The summed E-state index contributed by atoms with van der Waals surface area (Å²) in [6.45, 7) is 3.61. The fraction of sp³-hybridized carbons (Fsp3) is 0.571. The summed E-state index contributed by atoms with van der Waals surface area (Å²) in [5.41, 5.74) is 6.69. The molecule has 1 aromatic rings. The first-order valence-electron chi connectivity index (χ1n) is 6.86. The Morgan fingerprint density at radius 2 is 2.10 bits per heavy atom. The van der Waals surface area contributed by atoms with Crippen LogP contribution in [-0.4, -0.2) is 31.2 Å². The van der Waals surface area contributed by atoms with Gasteiger partial charge in [0.15, 0.2) is 0 Å². The van der Waals surface area contributed by atoms with Crippen molar-refractivity contribution < 1.29 is 9.66 Å². The number of hydrogen-bond acceptors (Lipinski definition) is 5. The summed E-state index contributed by atoms with van der Waals surface area (Å²) in [5.74, 6) is 1.14. The zero-order valence-corrected chi connectivity index (χ0v) is 11.9. The number of ether oxygens (including phenoxy) is 1. The van der Waals surface area contributed by atoms with Gasteiger partial charge in [-0.2, -0.15) is 0 Å². The van der Waals surface area contributed by atoms with E-state index in [1.54, 1.807) is 19.2 Å². The lowest BCUT2D eigenvalue weighted by Crippen LogP contribution is -2.39. The summed E-state index contributed by atoms with van der Waals surface area (Å²) in [6.07, 6.45) is 1.93. The molecule has 1 unspecified atom stereocenters. The molecule has 1 aliphatic heterocycles. The number of hydrogen-bond donors (Lipinski definition) is 1. The molecule has 6 nitrogen and oxygen atoms in total. The molecule has 2 rings (SSSR count). The maximum Gasteiger partial charge on any atom is 0.292 e. The number of benzene rings is 1. The monoisotopic (exact) mass is 279 g/mol. The molecule has 0 radical (unpaired) electrons. The lowest BCUT2D eigenvalue weighted by Gasteiger charge is -2.34. The van der Waals surface area contributed by atoms with Crippen LogP contribution in [0.2, 0.25) is 0 Å². The predicted molar refractivity (Wildman–Crippen MR) is 78.2 cm³/mol. The van der Waals surface area contributed by atoms with Crippen molar-refractivity contribution in [1.29, 1.82) is 0 Å². The number of nitro groups is 1. The Balaban J connectivity index is 2.21. The van der Waals surface area contributed by atoms with Gasteiger partial charge in [0.2, 0.25) is 0 Å². The summed E-state index contributed by atoms with van der Waals surface area (Å²) in [5, 5.41) is 11.2. The number of nitro benzene ring substituents is 1. The van der Waals surface area contributed by atoms with E-state index in [1.165, 1.54) is 6.07 Å². The highest BCUT2D eigenvalue weighted by atomic mass is 16.6. The van der Waals surface area contributed by atoms with Gasteiger partial charge in [0.1, 0.15) is 11.4 Å². The van der Waals surface area contributed by atoms with E-state index in [2.05, 4.69) is 4.90 Å². The van der Waals surface area contributed by atoms with Gasteiger partial charge in [-0.05, 0) is 31.7 Å². The minimum Gasteiger partial charge on any atom is -0.497 e. The van der Waals surface area contributed by atoms with Gasteiger partial charge in [-0.25, -0.2) is 0 Å². The fourth-order valence-electron chi connectivity index (χ4n) is 2.70. The second kappa shape index (κ2) is 6.09. The second-order valence-electron chi connectivity index (χ2n) is 5.30. The van der Waals surface area contributed by atoms with Crippen molar-refractivity contribution in [2.75, 3.05) is 25.1 Å². The van der Waals surface area contributed by atoms with Gasteiger partial charge in [-0.15, -0.1) is 0 Å². The SMILES string of the molecule is COc1ccc([N+](=O)[O-])c(N2CCC(C(C)N)CC2)c1. The van der Waals surface area contributed by atoms with Crippen LogP contribution in [0.1, 0.15) is 19.8 Å². The molecule has 0 amide bonds. The van der Waals surface area contributed by atoms with E-state index in [4.69, 9.17) is 10.5 Å². The topological polar surface area (TPSA) is 81.6 Å². The van der Waals surface area contributed by atoms with Gasteiger partial charge in [0.05, 0.1) is 12.0 Å². The normalized spacial score (nSPS) is 17.9. The molecule has 110 valence electrons. The molecule has 0 aliphatic carbocycles. The van der Waals surface area contributed by atoms with E-state index in [0.717, 1.165) is 25.9 Å². The van der Waals surface area contributed by atoms with Crippen molar-refractivity contribution in [1.82, 2.24) is 0 Å². The molecule has 2 N–H and O–H groups in total. The second-order valence-corrected chi connectivity index (χ2v) is 5.30. The quantitative estimate of drug-likeness (QED) is 0.674. The predicted octanol–water partition coefficient (Wildman–Crippen LogP) is 2.17. The fourth-order valence-corrected chi connectivity index (χ4v) is 2.70. The molecule has 20 heavy (non-hydrogen) atoms. The van der Waals surface area contributed by atoms with Crippen LogP contribution in [0.4, 0.5) is 11.4 Å². The Morgan fingerprint density at radius 3 is 2.60 bits per heavy atom. The molecule has 0 aromatic heterocycles. The molecule has 1 heterocycles. The van der Waals surface area contributed by atoms with Crippen LogP contribution < -0.4 is 15.4 Å². The molecule has 0 bridgehead atoms. The standard InChI is InChI=1S/C14H21N3O3/c1-10(15)11-5-7-16(8-6-11)14-9-12(20-2)3-4-13(14)17(18)19/h3-4,9-11H,5-8,15H2,1-2H3. The van der Waals surface area contributed by atoms with Crippen molar-refractivity contribution in [3.63, 3.8) is 0 Å². The van der Waals surface area contributed by atoms with Gasteiger partial charge in [0, 0.05) is 31.3 Å². The third kappa shape index (κ3) is 3.01. The van der Waals surface area contributed by atoms with E-state index in [9.17, 15) is 10.1 Å². The van der Waals surface area contributed by atoms with Crippen LogP contribution >= 0.6 is 0 Å². The highest BCUT2D eigenvalue weighted by Gasteiger charge is 2.26. The van der Waals surface area contributed by atoms with Gasteiger partial charge < -0.3 is 15.4 Å². The van der Waals surface area contributed by atoms with E-state index >= 15 is 0 Å². The number of rotatable bonds is 4. The van der Waals surface area contributed by atoms with E-state index in [-0.39, 0.29) is 16.7 Å². The van der Waals surface area contributed by atoms with Gasteiger partial charge >= 0.3 is 0 Å². The van der Waals surface area contributed by atoms with Crippen LogP contribution in [0.3, 0.4) is 0 Å². The first-order valence-corrected chi connectivity index (χ1v) is 6.86. The van der Waals surface area contributed by atoms with Crippen molar-refractivity contribution in [2.24, 2.45) is 11.7 Å². The minimum absolute atomic E-state index is 0.130. The van der Waals surface area contributed by atoms with Crippen LogP contribution in [0, 0.1) is 16.0 Å². The molecular weight excluding hydrogens is 258 g/mol. The molecule has 1 saturated heterocycles. The Hall–Kier alpha value is -1.82. The van der Waals surface area contributed by atoms with E-state index in [0.29, 0.717) is 17.4 Å². The number of nitrogens with two attached hydrogens (primary N) is 1. The smallest absolute Gasteiger partial charge is 0.292 e. The van der Waals surface area contributed by atoms with Crippen molar-refractivity contribution in [2.45, 2.75) is 25.8 Å². The minimum atomic E-state index is -0.341. The van der Waals surface area contributed by atoms with Crippen molar-refractivity contribution in [3.05, 3.63) is 28.3 Å². The third-order valence-corrected chi connectivity index (χ3v) is 4.00. The largest absolute Gasteiger partial charge is 0.497 e. The Bertz CT molecular complexity index is 483. The van der Waals surface area contributed by atoms with E-state index in [1.807, 2.05) is 6.92 Å². The van der Waals surface area contributed by atoms with Crippen LogP contribution in [0.25, 0.3) is 0 Å². The third-order valence-electron chi connectivity index (χ3n) is 4.00. The number of piperidine rings is 1. The Kier molecular flexibility index (Phi) is 4.44. The van der Waals surface area contributed by atoms with E-state index < -0.39 is 0 Å². The highest BCUT2D eigenvalue weighted by molar-refractivity contribution is 5.66. The molecule has 1 aromatic carbocycles. The first-order chi connectivity index (χ1) is 9.52. The summed E-state index contributed by atoms with van der Waals surface area (Å²) in [4.78, 5) is 12.9. The molecule has 6 heteroatoms. The van der Waals surface area contributed by atoms with Crippen molar-refractivity contribution in [3.8, 4) is 5.75 Å². The van der Waals surface area contributed by atoms with Crippen molar-refractivity contribution >= 4 is 11.4 Å². The molecule has 1 atom stereocenters. The molecular formula is C14H21N3O3. The zero-order chi connectivity index (χ0) is 14.7. The lowest BCUT2D eigenvalue weighted by molar-refractivity contribution is -0.384. The Morgan fingerprint density at radius 1 is 1.45 bits per heavy atom. The summed E-state index contributed by atoms with van der Waals surface area (Å²) in [7, 11) is 1.56. The zero-order valence-electron chi connectivity index (χ0n) is 11.9. The number of nitrogens with zero attached hydrogens (tertiary/aromatic N) is 2. The van der Waals surface area contributed by atoms with Crippen LogP contribution in [0.5, 0.6) is 5.75 Å². The number of methoxy groups -OCH3 is 1. The molecule has 0 spiro atoms. The Labute approximate surface area is 118 Å². The van der Waals surface area contributed by atoms with Gasteiger partial charge in [0.25, 0.3) is 5.69 Å². The van der Waals surface area contributed by atoms with Crippen LogP contribution in [0.15, 0.2) is 18.2 Å². The summed E-state index contributed by atoms with van der Waals surface area (Å²) >= 11 is 0. The molecule has 1 fully saturated rings. The average Bonchev–Trinajstić information content (AvgIpc) is 2.46. The average molecular weight is 279 g/mol. The van der Waals surface area contributed by atoms with Crippen LogP contribution in [-0.2, 0) is 0 Å². The molecule has 0 saturated carbocycles. The van der Waals surface area contributed by atoms with Gasteiger partial charge in [-0.3, -0.25) is 10.1 Å². The summed E-state index contributed by atoms with van der Waals surface area (Å²) in [6, 6.07) is 5.05. The lowest BCUT2D eigenvalue weighted by atomic mass is 9.90.